The lowest BCUT2D eigenvalue weighted by molar-refractivity contribution is 0.236. The van der Waals surface area contributed by atoms with Crippen molar-refractivity contribution in [3.8, 4) is 0 Å². The maximum atomic E-state index is 5.92. The number of hydrogen-bond donors (Lipinski definition) is 1. The molecular weight excluding hydrogens is 266 g/mol. The fraction of sp³-hybridized carbons (Fsp3) is 0.500. The van der Waals surface area contributed by atoms with E-state index in [0.717, 1.165) is 17.2 Å². The molecular formula is C14H18ClNOS. The fourth-order valence-electron chi connectivity index (χ4n) is 2.24. The van der Waals surface area contributed by atoms with Crippen LogP contribution in [0.25, 0.3) is 0 Å². The molecule has 0 bridgehead atoms. The second kappa shape index (κ2) is 6.95. The van der Waals surface area contributed by atoms with E-state index in [1.165, 1.54) is 25.7 Å². The van der Waals surface area contributed by atoms with Gasteiger partial charge in [0.25, 0.3) is 5.17 Å². The first-order chi connectivity index (χ1) is 8.74. The first-order valence-electron chi connectivity index (χ1n) is 6.39. The Morgan fingerprint density at radius 3 is 2.89 bits per heavy atom. The number of ether oxygens (including phenoxy) is 1. The Labute approximate surface area is 119 Å². The summed E-state index contributed by atoms with van der Waals surface area (Å²) >= 11 is 11.1. The van der Waals surface area contributed by atoms with Gasteiger partial charge in [-0.15, -0.1) is 0 Å². The van der Waals surface area contributed by atoms with E-state index in [0.29, 0.717) is 17.6 Å². The smallest absolute Gasteiger partial charge is 0.256 e. The van der Waals surface area contributed by atoms with E-state index in [4.69, 9.17) is 28.6 Å². The molecule has 18 heavy (non-hydrogen) atoms. The predicted octanol–water partition coefficient (Wildman–Crippen LogP) is 3.92. The van der Waals surface area contributed by atoms with E-state index in [2.05, 4.69) is 5.32 Å². The minimum atomic E-state index is 0.488. The van der Waals surface area contributed by atoms with Crippen LogP contribution >= 0.6 is 23.8 Å². The molecule has 1 saturated carbocycles. The molecule has 0 heterocycles. The maximum absolute atomic E-state index is 5.92. The largest absolute Gasteiger partial charge is 0.471 e. The predicted molar refractivity (Wildman–Crippen MR) is 78.8 cm³/mol. The minimum Gasteiger partial charge on any atom is -0.471 e. The van der Waals surface area contributed by atoms with Crippen LogP contribution in [-0.4, -0.2) is 11.8 Å². The Morgan fingerprint density at radius 1 is 1.39 bits per heavy atom. The molecule has 2 nitrogen and oxygen atoms in total. The molecule has 1 fully saturated rings. The summed E-state index contributed by atoms with van der Waals surface area (Å²) in [7, 11) is 0. The number of hydrogen-bond acceptors (Lipinski definition) is 2. The highest BCUT2D eigenvalue weighted by Gasteiger charge is 2.15. The molecule has 4 heteroatoms. The van der Waals surface area contributed by atoms with Gasteiger partial charge in [-0.1, -0.05) is 36.6 Å². The Bertz CT molecular complexity index is 405. The van der Waals surface area contributed by atoms with Crippen LogP contribution in [0.1, 0.15) is 31.2 Å². The van der Waals surface area contributed by atoms with Crippen LogP contribution in [0.5, 0.6) is 0 Å². The van der Waals surface area contributed by atoms with Crippen LogP contribution in [0.2, 0.25) is 5.02 Å². The molecule has 0 atom stereocenters. The number of halogens is 1. The van der Waals surface area contributed by atoms with Crippen LogP contribution in [0.4, 0.5) is 0 Å². The van der Waals surface area contributed by atoms with Gasteiger partial charge in [-0.2, -0.15) is 0 Å². The summed E-state index contributed by atoms with van der Waals surface area (Å²) in [6.45, 7) is 1.41. The van der Waals surface area contributed by atoms with Crippen molar-refractivity contribution in [1.82, 2.24) is 5.32 Å². The third-order valence-corrected chi connectivity index (χ3v) is 3.75. The van der Waals surface area contributed by atoms with Crippen molar-refractivity contribution in [3.05, 3.63) is 34.9 Å². The number of nitrogens with one attached hydrogen (secondary N) is 1. The highest BCUT2D eigenvalue weighted by atomic mass is 35.5. The molecule has 0 aromatic heterocycles. The monoisotopic (exact) mass is 283 g/mol. The molecule has 0 saturated heterocycles. The number of thiocarbonyl (C=S) groups is 1. The Balaban J connectivity index is 1.68. The van der Waals surface area contributed by atoms with Crippen LogP contribution in [0.3, 0.4) is 0 Å². The molecule has 1 N–H and O–H groups in total. The van der Waals surface area contributed by atoms with E-state index in [9.17, 15) is 0 Å². The fourth-order valence-corrected chi connectivity index (χ4v) is 2.60. The molecule has 1 aromatic carbocycles. The summed E-state index contributed by atoms with van der Waals surface area (Å²) < 4.78 is 5.57. The van der Waals surface area contributed by atoms with Gasteiger partial charge in [0.05, 0.1) is 6.61 Å². The zero-order valence-electron chi connectivity index (χ0n) is 10.3. The molecule has 1 aliphatic rings. The number of rotatable bonds is 4. The van der Waals surface area contributed by atoms with Gasteiger partial charge >= 0.3 is 0 Å². The van der Waals surface area contributed by atoms with Crippen molar-refractivity contribution in [2.75, 3.05) is 6.61 Å². The van der Waals surface area contributed by atoms with Crippen molar-refractivity contribution in [1.29, 1.82) is 0 Å². The van der Waals surface area contributed by atoms with Gasteiger partial charge in [0.1, 0.15) is 0 Å². The van der Waals surface area contributed by atoms with E-state index < -0.39 is 0 Å². The van der Waals surface area contributed by atoms with E-state index in [-0.39, 0.29) is 0 Å². The van der Waals surface area contributed by atoms with Crippen molar-refractivity contribution in [2.45, 2.75) is 32.2 Å². The van der Waals surface area contributed by atoms with Gasteiger partial charge in [0, 0.05) is 11.6 Å². The van der Waals surface area contributed by atoms with Gasteiger partial charge in [0.2, 0.25) is 0 Å². The summed E-state index contributed by atoms with van der Waals surface area (Å²) in [5.74, 6) is 0.691. The average molecular weight is 284 g/mol. The summed E-state index contributed by atoms with van der Waals surface area (Å²) in [6.07, 6.45) is 5.21. The molecule has 1 aliphatic carbocycles. The highest BCUT2D eigenvalue weighted by molar-refractivity contribution is 7.80. The Hall–Kier alpha value is -0.800. The highest BCUT2D eigenvalue weighted by Crippen LogP contribution is 2.24. The first-order valence-corrected chi connectivity index (χ1v) is 7.18. The lowest BCUT2D eigenvalue weighted by Crippen LogP contribution is -2.25. The normalized spacial score (nSPS) is 15.6. The second-order valence-electron chi connectivity index (χ2n) is 4.73. The quantitative estimate of drug-likeness (QED) is 0.846. The first kappa shape index (κ1) is 13.6. The average Bonchev–Trinajstić information content (AvgIpc) is 2.87. The molecule has 0 spiro atoms. The van der Waals surface area contributed by atoms with Crippen molar-refractivity contribution in [2.24, 2.45) is 5.92 Å². The maximum Gasteiger partial charge on any atom is 0.256 e. The van der Waals surface area contributed by atoms with Crippen LogP contribution in [0, 0.1) is 5.92 Å². The molecule has 0 amide bonds. The zero-order valence-corrected chi connectivity index (χ0v) is 11.9. The van der Waals surface area contributed by atoms with E-state index in [1.54, 1.807) is 0 Å². The van der Waals surface area contributed by atoms with Crippen LogP contribution in [0.15, 0.2) is 24.3 Å². The van der Waals surface area contributed by atoms with Crippen molar-refractivity contribution < 1.29 is 4.74 Å². The van der Waals surface area contributed by atoms with Crippen LogP contribution < -0.4 is 5.32 Å². The van der Waals surface area contributed by atoms with Crippen molar-refractivity contribution in [3.63, 3.8) is 0 Å². The number of benzene rings is 1. The Morgan fingerprint density at radius 2 is 2.17 bits per heavy atom. The third kappa shape index (κ3) is 4.46. The van der Waals surface area contributed by atoms with Gasteiger partial charge in [-0.05, 0) is 48.7 Å². The molecule has 0 unspecified atom stereocenters. The summed E-state index contributed by atoms with van der Waals surface area (Å²) in [5.41, 5.74) is 1.11. The van der Waals surface area contributed by atoms with E-state index in [1.807, 2.05) is 24.3 Å². The van der Waals surface area contributed by atoms with Gasteiger partial charge in [-0.25, -0.2) is 0 Å². The molecule has 1 aromatic rings. The summed E-state index contributed by atoms with van der Waals surface area (Å²) in [4.78, 5) is 0. The Kier molecular flexibility index (Phi) is 5.26. The second-order valence-corrected chi connectivity index (χ2v) is 5.54. The van der Waals surface area contributed by atoms with Gasteiger partial charge in [0.15, 0.2) is 0 Å². The summed E-state index contributed by atoms with van der Waals surface area (Å²) in [6, 6.07) is 7.73. The minimum absolute atomic E-state index is 0.488. The standard InChI is InChI=1S/C14H18ClNOS/c15-13-7-3-6-12(8-13)9-16-14(18)17-10-11-4-1-2-5-11/h3,6-8,11H,1-2,4-5,9-10H2,(H,16,18). The zero-order chi connectivity index (χ0) is 12.8. The molecule has 2 rings (SSSR count). The van der Waals surface area contributed by atoms with Crippen molar-refractivity contribution >= 4 is 29.0 Å². The van der Waals surface area contributed by atoms with Gasteiger partial charge < -0.3 is 10.1 Å². The third-order valence-electron chi connectivity index (χ3n) is 3.25. The lowest BCUT2D eigenvalue weighted by atomic mass is 10.1. The summed E-state index contributed by atoms with van der Waals surface area (Å²) in [5, 5.41) is 4.33. The van der Waals surface area contributed by atoms with E-state index >= 15 is 0 Å². The SMILES string of the molecule is S=C(NCc1cccc(Cl)c1)OCC1CCCC1. The molecule has 0 aliphatic heterocycles. The molecule has 0 radical (unpaired) electrons. The lowest BCUT2D eigenvalue weighted by Gasteiger charge is -2.13. The van der Waals surface area contributed by atoms with Gasteiger partial charge in [-0.3, -0.25) is 0 Å². The van der Waals surface area contributed by atoms with Crippen LogP contribution in [-0.2, 0) is 11.3 Å². The topological polar surface area (TPSA) is 21.3 Å². The molecule has 98 valence electrons.